The third-order valence-electron chi connectivity index (χ3n) is 8.98. The van der Waals surface area contributed by atoms with Crippen LogP contribution in [0.15, 0.2) is 174 Å². The molecule has 0 saturated heterocycles. The molecule has 12 rings (SSSR count). The highest BCUT2D eigenvalue weighted by Gasteiger charge is 2.22. The van der Waals surface area contributed by atoms with Gasteiger partial charge in [-0.25, -0.2) is 0 Å². The van der Waals surface area contributed by atoms with E-state index in [-0.39, 0.29) is 32.3 Å². The third-order valence-corrected chi connectivity index (χ3v) is 8.98. The summed E-state index contributed by atoms with van der Waals surface area (Å²) in [6.45, 7) is 0. The van der Waals surface area contributed by atoms with Crippen LogP contribution >= 0.6 is 0 Å². The molecule has 0 bridgehead atoms. The third kappa shape index (κ3) is 3.57. The maximum absolute atomic E-state index is 9.98. The largest absolute Gasteiger partial charge is 0.454 e. The Morgan fingerprint density at radius 2 is 0.902 bits per heavy atom. The van der Waals surface area contributed by atoms with E-state index in [0.717, 1.165) is 9.13 Å². The molecule has 0 amide bonds. The Balaban J connectivity index is 1.30. The molecular formula is C48H28N2O. The summed E-state index contributed by atoms with van der Waals surface area (Å²) in [5.74, 6) is 0. The van der Waals surface area contributed by atoms with Gasteiger partial charge in [0.2, 0.25) is 0 Å². The van der Waals surface area contributed by atoms with Gasteiger partial charge in [-0.3, -0.25) is 0 Å². The van der Waals surface area contributed by atoms with E-state index < -0.39 is 246 Å². The predicted molar refractivity (Wildman–Crippen MR) is 214 cm³/mol. The summed E-state index contributed by atoms with van der Waals surface area (Å²) in [7, 11) is 0. The summed E-state index contributed by atoms with van der Waals surface area (Å²) in [5, 5.41) is -4.03. The van der Waals surface area contributed by atoms with Crippen LogP contribution in [0.1, 0.15) is 38.4 Å². The topological polar surface area (TPSA) is 23.0 Å². The van der Waals surface area contributed by atoms with E-state index in [9.17, 15) is 13.7 Å². The zero-order chi connectivity index (χ0) is 57.6. The first-order valence-electron chi connectivity index (χ1n) is 29.2. The van der Waals surface area contributed by atoms with Crippen molar-refractivity contribution in [1.29, 1.82) is 0 Å². The molecule has 3 heteroatoms. The van der Waals surface area contributed by atoms with E-state index in [1.807, 2.05) is 0 Å². The van der Waals surface area contributed by atoms with Crippen molar-refractivity contribution in [1.82, 2.24) is 9.13 Å². The highest BCUT2D eigenvalue weighted by Crippen LogP contribution is 2.46. The van der Waals surface area contributed by atoms with Gasteiger partial charge in [-0.05, 0) is 93.1 Å². The summed E-state index contributed by atoms with van der Waals surface area (Å²) >= 11 is 0. The first-order chi connectivity index (χ1) is 37.0. The smallest absolute Gasteiger partial charge is 0.160 e. The summed E-state index contributed by atoms with van der Waals surface area (Å²) in [6, 6.07) is -23.9. The van der Waals surface area contributed by atoms with Gasteiger partial charge in [0.05, 0.1) is 66.1 Å². The van der Waals surface area contributed by atoms with E-state index in [1.54, 1.807) is 0 Å². The van der Waals surface area contributed by atoms with Gasteiger partial charge in [0.1, 0.15) is 5.58 Å². The van der Waals surface area contributed by atoms with E-state index in [1.165, 1.54) is 0 Å². The predicted octanol–water partition coefficient (Wildman–Crippen LogP) is 13.2. The second-order valence-electron chi connectivity index (χ2n) is 11.5. The van der Waals surface area contributed by atoms with Crippen molar-refractivity contribution in [3.8, 4) is 22.5 Å². The van der Waals surface area contributed by atoms with Gasteiger partial charge in [-0.1, -0.05) is 109 Å². The van der Waals surface area contributed by atoms with Crippen molar-refractivity contribution in [2.24, 2.45) is 0 Å². The van der Waals surface area contributed by atoms with Crippen molar-refractivity contribution in [2.75, 3.05) is 0 Å². The molecule has 0 spiro atoms. The fourth-order valence-corrected chi connectivity index (χ4v) is 6.92. The lowest BCUT2D eigenvalue weighted by Gasteiger charge is -2.12. The second-order valence-corrected chi connectivity index (χ2v) is 11.5. The number of nitrogens with zero attached hydrogens (tertiary/aromatic N) is 2. The number of furan rings is 1. The van der Waals surface area contributed by atoms with Crippen LogP contribution in [0.3, 0.4) is 0 Å². The maximum Gasteiger partial charge on any atom is 0.160 e. The molecule has 3 heterocycles. The minimum atomic E-state index is -1.02. The molecule has 3 nitrogen and oxygen atoms in total. The van der Waals surface area contributed by atoms with E-state index in [2.05, 4.69) is 0 Å². The van der Waals surface area contributed by atoms with Crippen molar-refractivity contribution in [3.05, 3.63) is 169 Å². The fraction of sp³-hybridized carbons (Fsp3) is 0. The molecular weight excluding hydrogens is 621 g/mol. The van der Waals surface area contributed by atoms with Crippen LogP contribution < -0.4 is 0 Å². The maximum atomic E-state index is 9.98. The Kier molecular flexibility index (Phi) is 2.30. The zero-order valence-electron chi connectivity index (χ0n) is 53.3. The van der Waals surface area contributed by atoms with Crippen LogP contribution in [-0.4, -0.2) is 9.13 Å². The highest BCUT2D eigenvalue weighted by atomic mass is 16.3. The molecule has 0 unspecified atom stereocenters. The molecule has 0 aliphatic rings. The minimum absolute atomic E-state index is 0.188. The number of benzene rings is 9. The molecule has 0 aliphatic heterocycles. The summed E-state index contributed by atoms with van der Waals surface area (Å²) in [4.78, 5) is 0. The fourth-order valence-electron chi connectivity index (χ4n) is 6.92. The molecule has 0 atom stereocenters. The molecule has 51 heavy (non-hydrogen) atoms. The summed E-state index contributed by atoms with van der Waals surface area (Å²) in [6.07, 6.45) is 0. The monoisotopic (exact) mass is 676 g/mol. The molecule has 0 saturated carbocycles. The van der Waals surface area contributed by atoms with Crippen LogP contribution in [0, 0.1) is 0 Å². The average Bonchev–Trinajstić information content (AvgIpc) is 4.20. The van der Waals surface area contributed by atoms with Gasteiger partial charge in [-0.15, -0.1) is 0 Å². The van der Waals surface area contributed by atoms with Crippen molar-refractivity contribution in [3.63, 3.8) is 0 Å². The Labute approximate surface area is 331 Å². The molecule has 3 aromatic heterocycles. The summed E-state index contributed by atoms with van der Waals surface area (Å²) in [5.41, 5.74) is -6.34. The van der Waals surface area contributed by atoms with Gasteiger partial charge in [-0.2, -0.15) is 0 Å². The molecule has 0 fully saturated rings. The minimum Gasteiger partial charge on any atom is -0.454 e. The Morgan fingerprint density at radius 3 is 1.59 bits per heavy atom. The Morgan fingerprint density at radius 1 is 0.373 bits per heavy atom. The first kappa shape index (κ1) is 11.9. The SMILES string of the molecule is [2H]c1c([2H])c([2H])c(-n2c3c([2H])c([2H])c([2H])c([2H])c3c3c([2H])c(-c4c([2H])c([2H])c5c(c4[2H])c4c([2H])c([2H])c([2H])c([2H])c4n5-c4c([2H])c([2H])c5c6c([2H])c([2H])c([2H])c([2H])c6c6c([2H])c([2H])c([2H])c7oc4c5c76)c([2H])c([2H])c32)c([2H])c1[2H]. The number of aromatic nitrogens is 2. The highest BCUT2D eigenvalue weighted by molar-refractivity contribution is 6.34. The molecule has 0 N–H and O–H groups in total. The van der Waals surface area contributed by atoms with Crippen molar-refractivity contribution < 1.29 is 42.8 Å². The molecule has 236 valence electrons. The van der Waals surface area contributed by atoms with Gasteiger partial charge >= 0.3 is 0 Å². The first-order valence-corrected chi connectivity index (χ1v) is 15.2. The number of fused-ring (bicyclic) bond motifs is 9. The lowest BCUT2D eigenvalue weighted by atomic mass is 9.94. The lowest BCUT2D eigenvalue weighted by molar-refractivity contribution is 0.667. The van der Waals surface area contributed by atoms with E-state index in [0.29, 0.717) is 0 Å². The average molecular weight is 677 g/mol. The second kappa shape index (κ2) is 9.87. The zero-order valence-corrected chi connectivity index (χ0v) is 25.3. The molecule has 9 aromatic carbocycles. The van der Waals surface area contributed by atoms with Gasteiger partial charge < -0.3 is 13.6 Å². The van der Waals surface area contributed by atoms with Crippen LogP contribution in [-0.2, 0) is 0 Å². The lowest BCUT2D eigenvalue weighted by Crippen LogP contribution is -1.95. The van der Waals surface area contributed by atoms with Gasteiger partial charge in [0, 0.05) is 38.0 Å². The number of hydrogen-bond donors (Lipinski definition) is 0. The van der Waals surface area contributed by atoms with Crippen molar-refractivity contribution >= 4 is 87.1 Å². The number of para-hydroxylation sites is 3. The van der Waals surface area contributed by atoms with E-state index >= 15 is 0 Å². The Hall–Kier alpha value is -6.84. The van der Waals surface area contributed by atoms with Crippen molar-refractivity contribution in [2.45, 2.75) is 0 Å². The standard InChI is InChI=1S/C48H28N2O/c1-2-11-31(12-3-1)49-40-18-8-6-15-34(40)38-27-29(21-24-42(38)49)30-22-25-43-39(28-30)35-16-7-9-19-41(35)50(43)44-26-23-37-33-14-5-4-13-32(33)36-17-10-20-45-46(36)47(37)48(44)51-45/h1-28H/i1D,2D,3D,4D,5D,6D,7D,8D,9D,10D,11D,12D,13D,14D,15D,16D,17D,18D,19D,20D,21D,22D,23D,24D,25D,26D,27D,28D. The van der Waals surface area contributed by atoms with E-state index in [4.69, 9.17) is 29.1 Å². The van der Waals surface area contributed by atoms with Gasteiger partial charge in [0.15, 0.2) is 5.58 Å². The summed E-state index contributed by atoms with van der Waals surface area (Å²) < 4.78 is 262. The van der Waals surface area contributed by atoms with Crippen LogP contribution in [0.25, 0.3) is 110 Å². The molecule has 0 aliphatic carbocycles. The molecule has 12 aromatic rings. The number of hydrogen-bond acceptors (Lipinski definition) is 1. The van der Waals surface area contributed by atoms with Crippen LogP contribution in [0.2, 0.25) is 0 Å². The molecule has 0 radical (unpaired) electrons. The van der Waals surface area contributed by atoms with Crippen LogP contribution in [0.5, 0.6) is 0 Å². The number of rotatable bonds is 3. The van der Waals surface area contributed by atoms with Gasteiger partial charge in [0.25, 0.3) is 0 Å². The normalized spacial score (nSPS) is 20.0. The quantitative estimate of drug-likeness (QED) is 0.171. The Bertz CT molecular complexity index is 4970. The van der Waals surface area contributed by atoms with Crippen LogP contribution in [0.4, 0.5) is 0 Å².